The predicted octanol–water partition coefficient (Wildman–Crippen LogP) is 2.93. The lowest BCUT2D eigenvalue weighted by Gasteiger charge is -2.19. The fourth-order valence-corrected chi connectivity index (χ4v) is 4.34. The van der Waals surface area contributed by atoms with E-state index in [0.717, 1.165) is 11.3 Å². The number of amides is 1. The van der Waals surface area contributed by atoms with Gasteiger partial charge in [0.1, 0.15) is 0 Å². The molecule has 1 N–H and O–H groups in total. The summed E-state index contributed by atoms with van der Waals surface area (Å²) in [7, 11) is -3.74. The minimum absolute atomic E-state index is 0.0524. The second-order valence-electron chi connectivity index (χ2n) is 5.64. The van der Waals surface area contributed by atoms with E-state index < -0.39 is 21.9 Å². The number of nitrogens with one attached hydrogen (secondary N) is 1. The number of sulfonamides is 1. The first-order valence-corrected chi connectivity index (χ1v) is 10.9. The molecule has 154 valence electrons. The number of hydrogen-bond donors (Lipinski definition) is 1. The molecule has 0 fully saturated rings. The highest BCUT2D eigenvalue weighted by molar-refractivity contribution is 7.89. The smallest absolute Gasteiger partial charge is 0.357 e. The number of ether oxygens (including phenoxy) is 1. The fourth-order valence-electron chi connectivity index (χ4n) is 2.29. The quantitative estimate of drug-likeness (QED) is 0.454. The van der Waals surface area contributed by atoms with Gasteiger partial charge in [0, 0.05) is 24.0 Å². The molecule has 1 amide bonds. The Kier molecular flexibility index (Phi) is 7.82. The molecule has 0 aliphatic rings. The number of benzene rings is 1. The zero-order valence-corrected chi connectivity index (χ0v) is 17.5. The Hall–Kier alpha value is -2.82. The van der Waals surface area contributed by atoms with Gasteiger partial charge in [-0.1, -0.05) is 12.2 Å². The number of esters is 1. The molecule has 1 heterocycles. The van der Waals surface area contributed by atoms with Gasteiger partial charge in [0.05, 0.1) is 11.5 Å². The maximum absolute atomic E-state index is 12.7. The lowest BCUT2D eigenvalue weighted by molar-refractivity contribution is 0.0520. The summed E-state index contributed by atoms with van der Waals surface area (Å²) in [5, 5.41) is 4.29. The Morgan fingerprint density at radius 3 is 2.38 bits per heavy atom. The molecule has 1 aromatic heterocycles. The molecule has 0 unspecified atom stereocenters. The maximum atomic E-state index is 12.7. The van der Waals surface area contributed by atoms with E-state index in [4.69, 9.17) is 4.74 Å². The van der Waals surface area contributed by atoms with E-state index in [1.165, 1.54) is 46.1 Å². The molecule has 0 radical (unpaired) electrons. The average Bonchev–Trinajstić information content (AvgIpc) is 3.16. The molecule has 0 saturated heterocycles. The molecule has 8 nitrogen and oxygen atoms in total. The summed E-state index contributed by atoms with van der Waals surface area (Å²) >= 11 is 1.08. The normalized spacial score (nSPS) is 11.1. The first-order chi connectivity index (χ1) is 13.8. The number of thiazole rings is 1. The average molecular weight is 436 g/mol. The van der Waals surface area contributed by atoms with Crippen molar-refractivity contribution in [3.05, 3.63) is 66.2 Å². The van der Waals surface area contributed by atoms with Gasteiger partial charge < -0.3 is 4.74 Å². The van der Waals surface area contributed by atoms with Crippen molar-refractivity contribution in [1.82, 2.24) is 9.29 Å². The van der Waals surface area contributed by atoms with E-state index in [2.05, 4.69) is 23.5 Å². The van der Waals surface area contributed by atoms with Gasteiger partial charge in [-0.3, -0.25) is 10.1 Å². The molecule has 29 heavy (non-hydrogen) atoms. The summed E-state index contributed by atoms with van der Waals surface area (Å²) < 4.78 is 31.4. The van der Waals surface area contributed by atoms with Gasteiger partial charge in [0.25, 0.3) is 5.91 Å². The third kappa shape index (κ3) is 5.59. The van der Waals surface area contributed by atoms with Crippen molar-refractivity contribution in [3.8, 4) is 0 Å². The van der Waals surface area contributed by atoms with Crippen molar-refractivity contribution in [3.63, 3.8) is 0 Å². The Labute approximate surface area is 173 Å². The third-order valence-electron chi connectivity index (χ3n) is 3.63. The number of anilines is 1. The van der Waals surface area contributed by atoms with Crippen LogP contribution in [0.4, 0.5) is 5.13 Å². The third-order valence-corrected chi connectivity index (χ3v) is 6.23. The SMILES string of the molecule is C=CCN(CC=C)S(=O)(=O)c1ccc(C(=O)Nc2nc(C(=O)OCC)cs2)cc1. The van der Waals surface area contributed by atoms with Crippen molar-refractivity contribution < 1.29 is 22.7 Å². The van der Waals surface area contributed by atoms with Gasteiger partial charge in [-0.2, -0.15) is 4.31 Å². The van der Waals surface area contributed by atoms with Gasteiger partial charge in [-0.25, -0.2) is 18.2 Å². The number of aromatic nitrogens is 1. The highest BCUT2D eigenvalue weighted by Gasteiger charge is 2.23. The van der Waals surface area contributed by atoms with Crippen LogP contribution in [0.3, 0.4) is 0 Å². The Morgan fingerprint density at radius 1 is 1.21 bits per heavy atom. The predicted molar refractivity (Wildman–Crippen MR) is 112 cm³/mol. The summed E-state index contributed by atoms with van der Waals surface area (Å²) in [4.78, 5) is 28.1. The molecule has 0 bridgehead atoms. The van der Waals surface area contributed by atoms with E-state index in [1.807, 2.05) is 0 Å². The molecule has 10 heteroatoms. The highest BCUT2D eigenvalue weighted by Crippen LogP contribution is 2.19. The second-order valence-corrected chi connectivity index (χ2v) is 8.43. The second kappa shape index (κ2) is 10.1. The molecule has 1 aromatic carbocycles. The Morgan fingerprint density at radius 2 is 1.83 bits per heavy atom. The van der Waals surface area contributed by atoms with Crippen LogP contribution in [0.25, 0.3) is 0 Å². The van der Waals surface area contributed by atoms with Gasteiger partial charge in [-0.15, -0.1) is 24.5 Å². The van der Waals surface area contributed by atoms with E-state index in [1.54, 1.807) is 6.92 Å². The number of nitrogens with zero attached hydrogens (tertiary/aromatic N) is 2. The Bertz CT molecular complexity index is 987. The number of carbonyl (C=O) groups excluding carboxylic acids is 2. The van der Waals surface area contributed by atoms with Crippen LogP contribution in [0.15, 0.2) is 59.9 Å². The largest absolute Gasteiger partial charge is 0.461 e. The zero-order valence-electron chi connectivity index (χ0n) is 15.8. The molecule has 0 spiro atoms. The summed E-state index contributed by atoms with van der Waals surface area (Å²) in [6, 6.07) is 5.52. The summed E-state index contributed by atoms with van der Waals surface area (Å²) in [6.45, 7) is 9.32. The highest BCUT2D eigenvalue weighted by atomic mass is 32.2. The lowest BCUT2D eigenvalue weighted by atomic mass is 10.2. The molecule has 0 aliphatic heterocycles. The lowest BCUT2D eigenvalue weighted by Crippen LogP contribution is -2.31. The van der Waals surface area contributed by atoms with Crippen molar-refractivity contribution in [2.75, 3.05) is 25.0 Å². The summed E-state index contributed by atoms with van der Waals surface area (Å²) in [6.07, 6.45) is 2.98. The van der Waals surface area contributed by atoms with E-state index >= 15 is 0 Å². The zero-order chi connectivity index (χ0) is 21.4. The summed E-state index contributed by atoms with van der Waals surface area (Å²) in [5.74, 6) is -1.05. The van der Waals surface area contributed by atoms with E-state index in [0.29, 0.717) is 0 Å². The van der Waals surface area contributed by atoms with E-state index in [9.17, 15) is 18.0 Å². The minimum atomic E-state index is -3.74. The number of hydrogen-bond acceptors (Lipinski definition) is 7. The van der Waals surface area contributed by atoms with Crippen LogP contribution in [0.2, 0.25) is 0 Å². The van der Waals surface area contributed by atoms with Crippen LogP contribution >= 0.6 is 11.3 Å². The summed E-state index contributed by atoms with van der Waals surface area (Å²) in [5.41, 5.74) is 0.356. The maximum Gasteiger partial charge on any atom is 0.357 e. The minimum Gasteiger partial charge on any atom is -0.461 e. The van der Waals surface area contributed by atoms with E-state index in [-0.39, 0.29) is 41.0 Å². The van der Waals surface area contributed by atoms with Crippen LogP contribution < -0.4 is 5.32 Å². The molecular formula is C19H21N3O5S2. The van der Waals surface area contributed by atoms with Crippen LogP contribution in [0, 0.1) is 0 Å². The number of rotatable bonds is 10. The fraction of sp³-hybridized carbons (Fsp3) is 0.211. The van der Waals surface area contributed by atoms with Crippen molar-refractivity contribution >= 4 is 38.4 Å². The van der Waals surface area contributed by atoms with Crippen molar-refractivity contribution in [2.45, 2.75) is 11.8 Å². The van der Waals surface area contributed by atoms with Gasteiger partial charge in [-0.05, 0) is 31.2 Å². The molecule has 0 atom stereocenters. The monoisotopic (exact) mass is 435 g/mol. The van der Waals surface area contributed by atoms with Crippen LogP contribution in [0.5, 0.6) is 0 Å². The van der Waals surface area contributed by atoms with Crippen molar-refractivity contribution in [2.24, 2.45) is 0 Å². The molecule has 0 aliphatic carbocycles. The molecular weight excluding hydrogens is 414 g/mol. The molecule has 2 aromatic rings. The number of carbonyl (C=O) groups is 2. The van der Waals surface area contributed by atoms with Gasteiger partial charge >= 0.3 is 5.97 Å². The standard InChI is InChI=1S/C19H21N3O5S2/c1-4-11-22(12-5-2)29(25,26)15-9-7-14(8-10-15)17(23)21-19-20-16(13-28-19)18(24)27-6-3/h4-5,7-10,13H,1-2,6,11-12H2,3H3,(H,20,21,23). The molecule has 2 rings (SSSR count). The Balaban J connectivity index is 2.13. The first-order valence-electron chi connectivity index (χ1n) is 8.59. The first kappa shape index (κ1) is 22.5. The topological polar surface area (TPSA) is 106 Å². The van der Waals surface area contributed by atoms with Gasteiger partial charge in [0.2, 0.25) is 10.0 Å². The van der Waals surface area contributed by atoms with Crippen LogP contribution in [0.1, 0.15) is 27.8 Å². The van der Waals surface area contributed by atoms with Crippen LogP contribution in [-0.2, 0) is 14.8 Å². The van der Waals surface area contributed by atoms with Crippen molar-refractivity contribution in [1.29, 1.82) is 0 Å². The van der Waals surface area contributed by atoms with Gasteiger partial charge in [0.15, 0.2) is 10.8 Å². The van der Waals surface area contributed by atoms with Crippen LogP contribution in [-0.4, -0.2) is 49.3 Å². The molecule has 0 saturated carbocycles.